The van der Waals surface area contributed by atoms with Gasteiger partial charge in [0, 0.05) is 17.7 Å². The Bertz CT molecular complexity index is 1270. The average molecular weight is 507 g/mol. The number of hydrogen-bond acceptors (Lipinski definition) is 7. The molecule has 0 aromatic carbocycles. The summed E-state index contributed by atoms with van der Waals surface area (Å²) in [5.74, 6) is 0. The largest absolute Gasteiger partial charge is 0.383 e. The maximum atomic E-state index is 13.5. The molecule has 0 saturated carbocycles. The summed E-state index contributed by atoms with van der Waals surface area (Å²) in [6.45, 7) is 7.90. The van der Waals surface area contributed by atoms with Crippen LogP contribution in [0, 0.1) is 0 Å². The predicted octanol–water partition coefficient (Wildman–Crippen LogP) is 3.47. The lowest BCUT2D eigenvalue weighted by Gasteiger charge is -2.20. The lowest BCUT2D eigenvalue weighted by molar-refractivity contribution is 0.0780. The quantitative estimate of drug-likeness (QED) is 0.568. The van der Waals surface area contributed by atoms with Gasteiger partial charge < -0.3 is 15.3 Å². The summed E-state index contributed by atoms with van der Waals surface area (Å²) >= 11 is 1.03. The molecule has 9 nitrogen and oxygen atoms in total. The highest BCUT2D eigenvalue weighted by atomic mass is 32.2. The van der Waals surface area contributed by atoms with E-state index in [1.807, 2.05) is 19.0 Å². The van der Waals surface area contributed by atoms with Crippen molar-refractivity contribution in [3.05, 3.63) is 33.2 Å². The fraction of sp³-hybridized carbons (Fsp3) is 0.609. The molecule has 2 aliphatic rings. The number of rotatable bonds is 5. The van der Waals surface area contributed by atoms with Crippen molar-refractivity contribution >= 4 is 33.0 Å². The zero-order chi connectivity index (χ0) is 25.1. The monoisotopic (exact) mass is 506 g/mol. The Kier molecular flexibility index (Phi) is 6.39. The standard InChI is InChI=1S/C23H34N6O3S2/c1-22(2)11-10-14-17(13-8-7-9-15(13)25-18(14)22)27-21(30)28-34(24,32)19-16(12-29(5)6)26-20(33-19)23(3,4)31/h31H,7-12H2,1-6H3,(H3,24,25,27,28,30,32)/t34-/m1/s1. The Hall–Kier alpha value is -1.92. The molecule has 0 aliphatic heterocycles. The van der Waals surface area contributed by atoms with Crippen LogP contribution < -0.4 is 10.5 Å². The molecule has 0 fully saturated rings. The van der Waals surface area contributed by atoms with Crippen molar-refractivity contribution in [3.63, 3.8) is 0 Å². The lowest BCUT2D eigenvalue weighted by Crippen LogP contribution is -2.21. The van der Waals surface area contributed by atoms with E-state index in [9.17, 15) is 14.1 Å². The zero-order valence-electron chi connectivity index (χ0n) is 20.7. The van der Waals surface area contributed by atoms with Gasteiger partial charge in [-0.2, -0.15) is 0 Å². The van der Waals surface area contributed by atoms with Crippen molar-refractivity contribution < 1.29 is 14.1 Å². The molecule has 2 amide bonds. The van der Waals surface area contributed by atoms with E-state index < -0.39 is 21.5 Å². The summed E-state index contributed by atoms with van der Waals surface area (Å²) in [5.41, 5.74) is 4.10. The van der Waals surface area contributed by atoms with Gasteiger partial charge in [-0.3, -0.25) is 4.98 Å². The number of anilines is 1. The van der Waals surface area contributed by atoms with Crippen LogP contribution in [0.3, 0.4) is 0 Å². The molecule has 4 rings (SSSR count). The predicted molar refractivity (Wildman–Crippen MR) is 134 cm³/mol. The summed E-state index contributed by atoms with van der Waals surface area (Å²) in [7, 11) is 0.116. The number of aryl methyl sites for hydroxylation is 1. The van der Waals surface area contributed by atoms with Crippen molar-refractivity contribution in [2.75, 3.05) is 19.4 Å². The van der Waals surface area contributed by atoms with E-state index in [4.69, 9.17) is 10.1 Å². The number of hydrogen-bond donors (Lipinski definition) is 3. The number of urea groups is 1. The molecule has 2 aliphatic carbocycles. The van der Waals surface area contributed by atoms with Crippen LogP contribution in [0.25, 0.3) is 0 Å². The van der Waals surface area contributed by atoms with Gasteiger partial charge in [0.05, 0.1) is 17.1 Å². The minimum absolute atomic E-state index is 0.0534. The number of nitrogens with one attached hydrogen (secondary N) is 1. The maximum Gasteiger partial charge on any atom is 0.354 e. The van der Waals surface area contributed by atoms with E-state index in [0.29, 0.717) is 17.2 Å². The van der Waals surface area contributed by atoms with E-state index >= 15 is 0 Å². The third kappa shape index (κ3) is 4.76. The smallest absolute Gasteiger partial charge is 0.354 e. The number of thiazole rings is 1. The molecular formula is C23H34N6O3S2. The van der Waals surface area contributed by atoms with E-state index in [1.165, 1.54) is 0 Å². The highest BCUT2D eigenvalue weighted by Gasteiger charge is 2.36. The Balaban J connectivity index is 1.73. The van der Waals surface area contributed by atoms with E-state index in [-0.39, 0.29) is 9.62 Å². The van der Waals surface area contributed by atoms with Crippen LogP contribution in [0.5, 0.6) is 0 Å². The number of amides is 2. The second-order valence-electron chi connectivity index (χ2n) is 10.6. The third-order valence-electron chi connectivity index (χ3n) is 6.33. The second kappa shape index (κ2) is 8.63. The molecule has 0 radical (unpaired) electrons. The van der Waals surface area contributed by atoms with E-state index in [1.54, 1.807) is 13.8 Å². The molecule has 186 valence electrons. The maximum absolute atomic E-state index is 13.5. The minimum atomic E-state index is -3.58. The van der Waals surface area contributed by atoms with Gasteiger partial charge in [0.1, 0.15) is 14.8 Å². The minimum Gasteiger partial charge on any atom is -0.383 e. The van der Waals surface area contributed by atoms with Gasteiger partial charge in [-0.15, -0.1) is 15.7 Å². The molecule has 1 atom stereocenters. The van der Waals surface area contributed by atoms with E-state index in [2.05, 4.69) is 28.5 Å². The van der Waals surface area contributed by atoms with E-state index in [0.717, 1.165) is 71.6 Å². The number of nitrogens with zero attached hydrogens (tertiary/aromatic N) is 4. The van der Waals surface area contributed by atoms with Crippen LogP contribution in [0.15, 0.2) is 8.57 Å². The molecule has 34 heavy (non-hydrogen) atoms. The first-order valence-electron chi connectivity index (χ1n) is 11.5. The highest BCUT2D eigenvalue weighted by molar-refractivity contribution is 7.93. The van der Waals surface area contributed by atoms with Gasteiger partial charge >= 0.3 is 6.03 Å². The van der Waals surface area contributed by atoms with Crippen molar-refractivity contribution in [1.29, 1.82) is 0 Å². The summed E-state index contributed by atoms with van der Waals surface area (Å²) in [5, 5.41) is 19.9. The van der Waals surface area contributed by atoms with Crippen LogP contribution >= 0.6 is 11.3 Å². The molecule has 0 spiro atoms. The number of pyridine rings is 1. The summed E-state index contributed by atoms with van der Waals surface area (Å²) in [4.78, 5) is 24.3. The number of fused-ring (bicyclic) bond motifs is 2. The molecular weight excluding hydrogens is 472 g/mol. The molecule has 4 N–H and O–H groups in total. The summed E-state index contributed by atoms with van der Waals surface area (Å²) in [6.07, 6.45) is 4.52. The number of aliphatic hydroxyl groups is 1. The Labute approximate surface area is 205 Å². The lowest BCUT2D eigenvalue weighted by atomic mass is 9.90. The van der Waals surface area contributed by atoms with Crippen LogP contribution in [-0.4, -0.2) is 44.3 Å². The first-order chi connectivity index (χ1) is 15.7. The highest BCUT2D eigenvalue weighted by Crippen LogP contribution is 2.44. The van der Waals surface area contributed by atoms with Crippen LogP contribution in [0.2, 0.25) is 0 Å². The SMILES string of the molecule is CN(C)Cc1nc(C(C)(C)O)sc1[S@](N)(=O)=NC(=O)Nc1c2c(nc3c1CCC3(C)C)CCC2. The molecule has 0 saturated heterocycles. The number of carbonyl (C=O) groups excluding carboxylic acids is 1. The van der Waals surface area contributed by atoms with Crippen LogP contribution in [-0.2, 0) is 46.7 Å². The van der Waals surface area contributed by atoms with Crippen molar-refractivity contribution in [2.24, 2.45) is 9.50 Å². The fourth-order valence-corrected chi connectivity index (χ4v) is 7.11. The summed E-state index contributed by atoms with van der Waals surface area (Å²) < 4.78 is 17.6. The topological polar surface area (TPSA) is 134 Å². The molecule has 0 unspecified atom stereocenters. The molecule has 2 heterocycles. The Morgan fingerprint density at radius 2 is 1.97 bits per heavy atom. The Morgan fingerprint density at radius 1 is 1.26 bits per heavy atom. The number of nitrogens with two attached hydrogens (primary N) is 1. The fourth-order valence-electron chi connectivity index (χ4n) is 4.66. The van der Waals surface area contributed by atoms with Gasteiger partial charge in [0.15, 0.2) is 9.92 Å². The van der Waals surface area contributed by atoms with Crippen molar-refractivity contribution in [2.45, 2.75) is 81.6 Å². The van der Waals surface area contributed by atoms with Gasteiger partial charge in [0.2, 0.25) is 0 Å². The van der Waals surface area contributed by atoms with Gasteiger partial charge in [-0.25, -0.2) is 19.1 Å². The number of carbonyl (C=O) groups is 1. The Morgan fingerprint density at radius 3 is 2.62 bits per heavy atom. The summed E-state index contributed by atoms with van der Waals surface area (Å²) in [6, 6.07) is -0.742. The molecule has 0 bridgehead atoms. The van der Waals surface area contributed by atoms with Gasteiger partial charge in [-0.05, 0) is 71.2 Å². The van der Waals surface area contributed by atoms with Crippen molar-refractivity contribution in [3.8, 4) is 0 Å². The van der Waals surface area contributed by atoms with Crippen molar-refractivity contribution in [1.82, 2.24) is 14.9 Å². The average Bonchev–Trinajstić information content (AvgIpc) is 3.38. The normalized spacial score (nSPS) is 18.5. The van der Waals surface area contributed by atoms with Gasteiger partial charge in [-0.1, -0.05) is 13.8 Å². The van der Waals surface area contributed by atoms with Gasteiger partial charge in [0.25, 0.3) is 0 Å². The first-order valence-corrected chi connectivity index (χ1v) is 13.9. The molecule has 2 aromatic heterocycles. The molecule has 11 heteroatoms. The second-order valence-corrected chi connectivity index (χ2v) is 13.6. The third-order valence-corrected chi connectivity index (χ3v) is 9.71. The first kappa shape index (κ1) is 25.2. The molecule has 2 aromatic rings. The zero-order valence-corrected chi connectivity index (χ0v) is 22.3. The number of aromatic nitrogens is 2. The van der Waals surface area contributed by atoms with Crippen LogP contribution in [0.4, 0.5) is 10.5 Å². The van der Waals surface area contributed by atoms with Crippen LogP contribution in [0.1, 0.15) is 73.8 Å².